The molecule has 4 nitrogen and oxygen atoms in total. The zero-order valence-corrected chi connectivity index (χ0v) is 7.39. The SMILES string of the molecule is CCS(=O)(=O)[C@H]1C[C@]1(N)CN. The van der Waals surface area contributed by atoms with Crippen LogP contribution in [0.25, 0.3) is 0 Å². The monoisotopic (exact) mass is 178 g/mol. The van der Waals surface area contributed by atoms with Crippen LogP contribution >= 0.6 is 0 Å². The fourth-order valence-corrected chi connectivity index (χ4v) is 2.96. The van der Waals surface area contributed by atoms with E-state index in [0.29, 0.717) is 6.42 Å². The van der Waals surface area contributed by atoms with E-state index in [1.807, 2.05) is 0 Å². The van der Waals surface area contributed by atoms with Crippen LogP contribution in [-0.2, 0) is 9.84 Å². The predicted molar refractivity (Wildman–Crippen MR) is 43.8 cm³/mol. The molecule has 0 aliphatic heterocycles. The van der Waals surface area contributed by atoms with Gasteiger partial charge in [-0.2, -0.15) is 0 Å². The summed E-state index contributed by atoms with van der Waals surface area (Å²) in [5.41, 5.74) is 10.4. The van der Waals surface area contributed by atoms with E-state index in [9.17, 15) is 8.42 Å². The van der Waals surface area contributed by atoms with Gasteiger partial charge in [0.15, 0.2) is 9.84 Å². The van der Waals surface area contributed by atoms with Crippen molar-refractivity contribution >= 4 is 9.84 Å². The van der Waals surface area contributed by atoms with E-state index >= 15 is 0 Å². The molecule has 66 valence electrons. The van der Waals surface area contributed by atoms with Crippen molar-refractivity contribution in [3.05, 3.63) is 0 Å². The molecule has 0 bridgehead atoms. The number of hydrogen-bond donors (Lipinski definition) is 2. The van der Waals surface area contributed by atoms with Gasteiger partial charge in [-0.25, -0.2) is 8.42 Å². The molecule has 0 radical (unpaired) electrons. The second kappa shape index (κ2) is 2.43. The first-order valence-corrected chi connectivity index (χ1v) is 5.38. The second-order valence-electron chi connectivity index (χ2n) is 3.08. The molecule has 1 rings (SSSR count). The van der Waals surface area contributed by atoms with Crippen LogP contribution in [-0.4, -0.2) is 31.5 Å². The van der Waals surface area contributed by atoms with Crippen molar-refractivity contribution in [3.63, 3.8) is 0 Å². The first kappa shape index (κ1) is 8.96. The minimum Gasteiger partial charge on any atom is -0.329 e. The molecular weight excluding hydrogens is 164 g/mol. The summed E-state index contributed by atoms with van der Waals surface area (Å²) in [6.45, 7) is 1.89. The van der Waals surface area contributed by atoms with E-state index in [2.05, 4.69) is 0 Å². The Balaban J connectivity index is 2.71. The van der Waals surface area contributed by atoms with Crippen molar-refractivity contribution in [2.24, 2.45) is 11.5 Å². The Morgan fingerprint density at radius 2 is 2.18 bits per heavy atom. The highest BCUT2D eigenvalue weighted by molar-refractivity contribution is 7.92. The number of sulfone groups is 1. The van der Waals surface area contributed by atoms with Gasteiger partial charge in [0.05, 0.1) is 5.25 Å². The van der Waals surface area contributed by atoms with E-state index in [0.717, 1.165) is 0 Å². The Morgan fingerprint density at radius 1 is 1.64 bits per heavy atom. The van der Waals surface area contributed by atoms with E-state index in [-0.39, 0.29) is 17.5 Å². The summed E-state index contributed by atoms with van der Waals surface area (Å²) >= 11 is 0. The lowest BCUT2D eigenvalue weighted by molar-refractivity contribution is 0.587. The maximum absolute atomic E-state index is 11.2. The highest BCUT2D eigenvalue weighted by atomic mass is 32.2. The van der Waals surface area contributed by atoms with Crippen LogP contribution in [0.4, 0.5) is 0 Å². The molecule has 0 saturated heterocycles. The van der Waals surface area contributed by atoms with Crippen LogP contribution in [0.5, 0.6) is 0 Å². The topological polar surface area (TPSA) is 86.2 Å². The van der Waals surface area contributed by atoms with Crippen LogP contribution in [0.15, 0.2) is 0 Å². The van der Waals surface area contributed by atoms with Crippen LogP contribution in [0, 0.1) is 0 Å². The summed E-state index contributed by atoms with van der Waals surface area (Å²) < 4.78 is 22.4. The molecule has 0 heterocycles. The van der Waals surface area contributed by atoms with Gasteiger partial charge in [0.2, 0.25) is 0 Å². The first-order chi connectivity index (χ1) is 4.96. The molecule has 11 heavy (non-hydrogen) atoms. The molecule has 4 N–H and O–H groups in total. The average Bonchev–Trinajstić information content (AvgIpc) is 2.65. The minimum atomic E-state index is -2.95. The van der Waals surface area contributed by atoms with Crippen molar-refractivity contribution in [3.8, 4) is 0 Å². The Morgan fingerprint density at radius 3 is 2.45 bits per heavy atom. The Hall–Kier alpha value is -0.130. The van der Waals surface area contributed by atoms with Crippen LogP contribution in [0.3, 0.4) is 0 Å². The minimum absolute atomic E-state index is 0.163. The van der Waals surface area contributed by atoms with E-state index in [1.54, 1.807) is 6.92 Å². The van der Waals surface area contributed by atoms with Gasteiger partial charge < -0.3 is 11.5 Å². The molecular formula is C6H14N2O2S. The molecule has 0 amide bonds. The fraction of sp³-hybridized carbons (Fsp3) is 1.00. The van der Waals surface area contributed by atoms with Gasteiger partial charge in [-0.15, -0.1) is 0 Å². The third-order valence-electron chi connectivity index (χ3n) is 2.26. The molecule has 0 aromatic rings. The van der Waals surface area contributed by atoms with Crippen LogP contribution < -0.4 is 11.5 Å². The maximum Gasteiger partial charge on any atom is 0.154 e. The molecule has 1 fully saturated rings. The smallest absolute Gasteiger partial charge is 0.154 e. The second-order valence-corrected chi connectivity index (χ2v) is 5.55. The Kier molecular flexibility index (Phi) is 1.98. The van der Waals surface area contributed by atoms with E-state index in [4.69, 9.17) is 11.5 Å². The van der Waals surface area contributed by atoms with Gasteiger partial charge in [-0.3, -0.25) is 0 Å². The standard InChI is InChI=1S/C6H14N2O2S/c1-2-11(9,10)5-3-6(5,8)4-7/h5H,2-4,7-8H2,1H3/t5-,6-/m0/s1. The molecule has 0 aromatic carbocycles. The quantitative estimate of drug-likeness (QED) is 0.571. The highest BCUT2D eigenvalue weighted by Crippen LogP contribution is 2.38. The summed E-state index contributed by atoms with van der Waals surface area (Å²) in [5.74, 6) is 0.163. The van der Waals surface area contributed by atoms with Crippen molar-refractivity contribution in [1.82, 2.24) is 0 Å². The number of nitrogens with two attached hydrogens (primary N) is 2. The lowest BCUT2D eigenvalue weighted by atomic mass is 10.3. The van der Waals surface area contributed by atoms with E-state index < -0.39 is 15.4 Å². The molecule has 0 aromatic heterocycles. The first-order valence-electron chi connectivity index (χ1n) is 3.67. The van der Waals surface area contributed by atoms with Crippen molar-refractivity contribution in [2.45, 2.75) is 24.1 Å². The summed E-state index contributed by atoms with van der Waals surface area (Å²) in [7, 11) is -2.95. The highest BCUT2D eigenvalue weighted by Gasteiger charge is 2.56. The van der Waals surface area contributed by atoms with Gasteiger partial charge in [0.1, 0.15) is 0 Å². The summed E-state index contributed by atoms with van der Waals surface area (Å²) in [6.07, 6.45) is 0.527. The third-order valence-corrected chi connectivity index (χ3v) is 4.57. The van der Waals surface area contributed by atoms with Gasteiger partial charge in [-0.1, -0.05) is 6.92 Å². The lowest BCUT2D eigenvalue weighted by Crippen LogP contribution is -2.38. The van der Waals surface area contributed by atoms with Gasteiger partial charge in [0.25, 0.3) is 0 Å². The molecule has 0 unspecified atom stereocenters. The average molecular weight is 178 g/mol. The normalized spacial score (nSPS) is 37.2. The summed E-state index contributed by atoms with van der Waals surface area (Å²) in [6, 6.07) is 0. The van der Waals surface area contributed by atoms with Gasteiger partial charge >= 0.3 is 0 Å². The van der Waals surface area contributed by atoms with Crippen LogP contribution in [0.1, 0.15) is 13.3 Å². The van der Waals surface area contributed by atoms with Crippen molar-refractivity contribution < 1.29 is 8.42 Å². The van der Waals surface area contributed by atoms with Gasteiger partial charge in [0, 0.05) is 17.8 Å². The molecule has 1 aliphatic carbocycles. The Labute approximate surface area is 66.9 Å². The third kappa shape index (κ3) is 1.40. The number of hydrogen-bond acceptors (Lipinski definition) is 4. The van der Waals surface area contributed by atoms with Crippen molar-refractivity contribution in [1.29, 1.82) is 0 Å². The zero-order valence-electron chi connectivity index (χ0n) is 6.58. The molecule has 1 saturated carbocycles. The van der Waals surface area contributed by atoms with Gasteiger partial charge in [-0.05, 0) is 6.42 Å². The summed E-state index contributed by atoms with van der Waals surface area (Å²) in [5, 5.41) is -0.384. The molecule has 0 spiro atoms. The number of rotatable bonds is 3. The molecule has 1 aliphatic rings. The lowest BCUT2D eigenvalue weighted by Gasteiger charge is -2.06. The van der Waals surface area contributed by atoms with Crippen molar-refractivity contribution in [2.75, 3.05) is 12.3 Å². The molecule has 5 heteroatoms. The predicted octanol–water partition coefficient (Wildman–Crippen LogP) is -1.15. The van der Waals surface area contributed by atoms with E-state index in [1.165, 1.54) is 0 Å². The largest absolute Gasteiger partial charge is 0.329 e. The summed E-state index contributed by atoms with van der Waals surface area (Å²) in [4.78, 5) is 0. The van der Waals surface area contributed by atoms with Crippen LogP contribution in [0.2, 0.25) is 0 Å². The fourth-order valence-electron chi connectivity index (χ4n) is 1.19. The molecule has 2 atom stereocenters. The maximum atomic E-state index is 11.2. The Bertz CT molecular complexity index is 249. The zero-order chi connectivity index (χ0) is 8.70.